The van der Waals surface area contributed by atoms with Crippen molar-refractivity contribution in [1.29, 1.82) is 0 Å². The summed E-state index contributed by atoms with van der Waals surface area (Å²) >= 11 is 0. The van der Waals surface area contributed by atoms with E-state index >= 15 is 0 Å². The topological polar surface area (TPSA) is 15.3 Å². The molecule has 1 aromatic rings. The van der Waals surface area contributed by atoms with Crippen LogP contribution in [-0.2, 0) is 13.1 Å². The molecule has 118 valence electrons. The van der Waals surface area contributed by atoms with Crippen LogP contribution in [0.1, 0.15) is 51.7 Å². The smallest absolute Gasteiger partial charge is 0.0236 e. The van der Waals surface area contributed by atoms with Crippen LogP contribution in [0.15, 0.2) is 24.3 Å². The molecule has 2 heteroatoms. The zero-order valence-electron chi connectivity index (χ0n) is 14.2. The summed E-state index contributed by atoms with van der Waals surface area (Å²) in [6.45, 7) is 13.7. The van der Waals surface area contributed by atoms with E-state index in [1.165, 1.54) is 30.5 Å². The number of nitrogens with one attached hydrogen (secondary N) is 1. The molecule has 1 aliphatic rings. The summed E-state index contributed by atoms with van der Waals surface area (Å²) < 4.78 is 0. The summed E-state index contributed by atoms with van der Waals surface area (Å²) in [7, 11) is 0. The van der Waals surface area contributed by atoms with Crippen LogP contribution >= 0.6 is 0 Å². The van der Waals surface area contributed by atoms with Crippen LogP contribution in [-0.4, -0.2) is 24.0 Å². The third kappa shape index (κ3) is 5.12. The number of rotatable bonds is 7. The van der Waals surface area contributed by atoms with Crippen molar-refractivity contribution in [2.24, 2.45) is 11.8 Å². The van der Waals surface area contributed by atoms with Gasteiger partial charge in [-0.15, -0.1) is 0 Å². The molecule has 0 saturated carbocycles. The summed E-state index contributed by atoms with van der Waals surface area (Å²) in [5.74, 6) is 1.49. The molecule has 1 aromatic carbocycles. The van der Waals surface area contributed by atoms with Crippen molar-refractivity contribution in [1.82, 2.24) is 10.2 Å². The molecule has 1 fully saturated rings. The zero-order chi connectivity index (χ0) is 15.2. The van der Waals surface area contributed by atoms with Crippen molar-refractivity contribution in [2.45, 2.75) is 59.7 Å². The van der Waals surface area contributed by atoms with Gasteiger partial charge < -0.3 is 5.32 Å². The predicted molar refractivity (Wildman–Crippen MR) is 91.3 cm³/mol. The van der Waals surface area contributed by atoms with Gasteiger partial charge >= 0.3 is 0 Å². The molecule has 1 aliphatic heterocycles. The molecule has 0 amide bonds. The first-order chi connectivity index (χ1) is 10.1. The molecular weight excluding hydrogens is 256 g/mol. The highest BCUT2D eigenvalue weighted by Crippen LogP contribution is 2.25. The number of likely N-dealkylation sites (tertiary alicyclic amines) is 1. The summed E-state index contributed by atoms with van der Waals surface area (Å²) in [6, 6.07) is 9.95. The molecule has 1 heterocycles. The lowest BCUT2D eigenvalue weighted by Crippen LogP contribution is -2.32. The average Bonchev–Trinajstić information content (AvgIpc) is 2.89. The average molecular weight is 288 g/mol. The van der Waals surface area contributed by atoms with Crippen LogP contribution in [0.3, 0.4) is 0 Å². The highest BCUT2D eigenvalue weighted by molar-refractivity contribution is 5.22. The summed E-state index contributed by atoms with van der Waals surface area (Å²) in [5, 5.41) is 3.51. The van der Waals surface area contributed by atoms with Crippen LogP contribution in [0.2, 0.25) is 0 Å². The van der Waals surface area contributed by atoms with E-state index in [0.29, 0.717) is 5.92 Å². The van der Waals surface area contributed by atoms with Gasteiger partial charge in [-0.1, -0.05) is 52.0 Å². The van der Waals surface area contributed by atoms with Crippen LogP contribution in [0, 0.1) is 11.8 Å². The first kappa shape index (κ1) is 16.5. The van der Waals surface area contributed by atoms with Crippen LogP contribution < -0.4 is 5.32 Å². The van der Waals surface area contributed by atoms with Gasteiger partial charge in [0.2, 0.25) is 0 Å². The van der Waals surface area contributed by atoms with Gasteiger partial charge in [-0.25, -0.2) is 0 Å². The van der Waals surface area contributed by atoms with Crippen molar-refractivity contribution in [3.8, 4) is 0 Å². The van der Waals surface area contributed by atoms with E-state index in [0.717, 1.165) is 31.6 Å². The van der Waals surface area contributed by atoms with E-state index in [1.54, 1.807) is 0 Å². The minimum atomic E-state index is 0.715. The van der Waals surface area contributed by atoms with E-state index in [-0.39, 0.29) is 0 Å². The monoisotopic (exact) mass is 288 g/mol. The predicted octanol–water partition coefficient (Wildman–Crippen LogP) is 4.05. The minimum Gasteiger partial charge on any atom is -0.312 e. The number of nitrogens with zero attached hydrogens (tertiary/aromatic N) is 1. The minimum absolute atomic E-state index is 0.715. The fourth-order valence-electron chi connectivity index (χ4n) is 3.31. The Kier molecular flexibility index (Phi) is 6.25. The Morgan fingerprint density at radius 3 is 2.38 bits per heavy atom. The molecule has 0 aromatic heterocycles. The number of hydrogen-bond acceptors (Lipinski definition) is 2. The van der Waals surface area contributed by atoms with Crippen molar-refractivity contribution < 1.29 is 0 Å². The zero-order valence-corrected chi connectivity index (χ0v) is 14.2. The second kappa shape index (κ2) is 7.95. The Morgan fingerprint density at radius 1 is 1.10 bits per heavy atom. The lowest BCUT2D eigenvalue weighted by atomic mass is 10.0. The van der Waals surface area contributed by atoms with Crippen LogP contribution in [0.25, 0.3) is 0 Å². The molecule has 21 heavy (non-hydrogen) atoms. The Hall–Kier alpha value is -0.860. The van der Waals surface area contributed by atoms with Crippen LogP contribution in [0.5, 0.6) is 0 Å². The third-order valence-corrected chi connectivity index (χ3v) is 4.47. The Balaban J connectivity index is 1.84. The molecule has 0 spiro atoms. The molecule has 2 nitrogen and oxygen atoms in total. The Labute approximate surface area is 130 Å². The lowest BCUT2D eigenvalue weighted by Gasteiger charge is -2.27. The van der Waals surface area contributed by atoms with Crippen molar-refractivity contribution in [3.05, 3.63) is 35.4 Å². The van der Waals surface area contributed by atoms with Gasteiger partial charge in [0, 0.05) is 19.1 Å². The molecular formula is C19H32N2. The third-order valence-electron chi connectivity index (χ3n) is 4.47. The standard InChI is InChI=1S/C19H32N2/c1-15(2)12-20-13-17-7-9-18(10-8-17)14-21-11-5-6-19(21)16(3)4/h7-10,15-16,19-20H,5-6,11-14H2,1-4H3. The first-order valence-corrected chi connectivity index (χ1v) is 8.59. The second-order valence-electron chi connectivity index (χ2n) is 7.27. The maximum absolute atomic E-state index is 3.51. The van der Waals surface area contributed by atoms with Gasteiger partial charge in [-0.2, -0.15) is 0 Å². The van der Waals surface area contributed by atoms with Crippen molar-refractivity contribution >= 4 is 0 Å². The van der Waals surface area contributed by atoms with E-state index in [2.05, 4.69) is 62.2 Å². The van der Waals surface area contributed by atoms with Crippen LogP contribution in [0.4, 0.5) is 0 Å². The number of hydrogen-bond donors (Lipinski definition) is 1. The highest BCUT2D eigenvalue weighted by atomic mass is 15.2. The molecule has 0 bridgehead atoms. The van der Waals surface area contributed by atoms with Gasteiger partial charge in [0.1, 0.15) is 0 Å². The van der Waals surface area contributed by atoms with Gasteiger partial charge in [0.15, 0.2) is 0 Å². The fourth-order valence-corrected chi connectivity index (χ4v) is 3.31. The fraction of sp³-hybridized carbons (Fsp3) is 0.684. The second-order valence-corrected chi connectivity index (χ2v) is 7.27. The molecule has 1 N–H and O–H groups in total. The molecule has 1 atom stereocenters. The van der Waals surface area contributed by atoms with Crippen molar-refractivity contribution in [2.75, 3.05) is 13.1 Å². The lowest BCUT2D eigenvalue weighted by molar-refractivity contribution is 0.199. The largest absolute Gasteiger partial charge is 0.312 e. The SMILES string of the molecule is CC(C)CNCc1ccc(CN2CCCC2C(C)C)cc1. The quantitative estimate of drug-likeness (QED) is 0.814. The normalized spacial score (nSPS) is 19.8. The van der Waals surface area contributed by atoms with Gasteiger partial charge in [0.05, 0.1) is 0 Å². The first-order valence-electron chi connectivity index (χ1n) is 8.59. The van der Waals surface area contributed by atoms with E-state index < -0.39 is 0 Å². The van der Waals surface area contributed by atoms with E-state index in [4.69, 9.17) is 0 Å². The van der Waals surface area contributed by atoms with Gasteiger partial charge in [-0.3, -0.25) is 4.90 Å². The number of benzene rings is 1. The van der Waals surface area contributed by atoms with Gasteiger partial charge in [-0.05, 0) is 48.9 Å². The summed E-state index contributed by atoms with van der Waals surface area (Å²) in [6.07, 6.45) is 2.73. The molecule has 2 rings (SSSR count). The Bertz CT molecular complexity index is 408. The van der Waals surface area contributed by atoms with E-state index in [1.807, 2.05) is 0 Å². The Morgan fingerprint density at radius 2 is 1.76 bits per heavy atom. The molecule has 0 radical (unpaired) electrons. The maximum atomic E-state index is 3.51. The van der Waals surface area contributed by atoms with Crippen molar-refractivity contribution in [3.63, 3.8) is 0 Å². The van der Waals surface area contributed by atoms with E-state index in [9.17, 15) is 0 Å². The summed E-state index contributed by atoms with van der Waals surface area (Å²) in [5.41, 5.74) is 2.84. The molecule has 0 aliphatic carbocycles. The highest BCUT2D eigenvalue weighted by Gasteiger charge is 2.26. The summed E-state index contributed by atoms with van der Waals surface area (Å²) in [4.78, 5) is 2.66. The molecule has 1 unspecified atom stereocenters. The molecule has 1 saturated heterocycles. The maximum Gasteiger partial charge on any atom is 0.0236 e. The van der Waals surface area contributed by atoms with Gasteiger partial charge in [0.25, 0.3) is 0 Å².